The van der Waals surface area contributed by atoms with Crippen LogP contribution < -0.4 is 0 Å². The smallest absolute Gasteiger partial charge is 0.272 e. The zero-order valence-electron chi connectivity index (χ0n) is 11.9. The molecule has 0 unspecified atom stereocenters. The van der Waals surface area contributed by atoms with E-state index in [9.17, 15) is 14.7 Å². The first-order valence-corrected chi connectivity index (χ1v) is 7.39. The van der Waals surface area contributed by atoms with E-state index >= 15 is 0 Å². The minimum atomic E-state index is -0.133. The monoisotopic (exact) mass is 289 g/mol. The van der Waals surface area contributed by atoms with Crippen LogP contribution >= 0.6 is 0 Å². The van der Waals surface area contributed by atoms with Crippen molar-refractivity contribution in [1.82, 2.24) is 14.8 Å². The zero-order chi connectivity index (χ0) is 14.8. The van der Waals surface area contributed by atoms with Crippen molar-refractivity contribution in [2.45, 2.75) is 31.7 Å². The Morgan fingerprint density at radius 2 is 2.14 bits per heavy atom. The maximum Gasteiger partial charge on any atom is 0.272 e. The molecule has 0 saturated carbocycles. The lowest BCUT2D eigenvalue weighted by molar-refractivity contribution is -0.130. The molecule has 1 N–H and O–H groups in total. The van der Waals surface area contributed by atoms with E-state index in [-0.39, 0.29) is 23.6 Å². The number of hydrogen-bond acceptors (Lipinski definition) is 4. The van der Waals surface area contributed by atoms with E-state index in [1.807, 2.05) is 4.90 Å². The van der Waals surface area contributed by atoms with E-state index in [4.69, 9.17) is 0 Å². The van der Waals surface area contributed by atoms with E-state index < -0.39 is 0 Å². The molecule has 0 spiro atoms. The molecule has 1 atom stereocenters. The van der Waals surface area contributed by atoms with Crippen LogP contribution in [0.5, 0.6) is 5.75 Å². The van der Waals surface area contributed by atoms with Crippen molar-refractivity contribution in [3.05, 3.63) is 24.0 Å². The summed E-state index contributed by atoms with van der Waals surface area (Å²) in [5.74, 6) is 0.120. The molecule has 0 bridgehead atoms. The number of carbonyl (C=O) groups excluding carboxylic acids is 2. The van der Waals surface area contributed by atoms with Gasteiger partial charge in [-0.05, 0) is 31.4 Å². The number of aromatic nitrogens is 1. The van der Waals surface area contributed by atoms with Gasteiger partial charge >= 0.3 is 0 Å². The van der Waals surface area contributed by atoms with E-state index in [0.29, 0.717) is 25.2 Å². The van der Waals surface area contributed by atoms with E-state index in [2.05, 4.69) is 4.98 Å². The molecule has 6 nitrogen and oxygen atoms in total. The first kappa shape index (κ1) is 13.9. The van der Waals surface area contributed by atoms with Gasteiger partial charge in [-0.2, -0.15) is 0 Å². The maximum absolute atomic E-state index is 12.4. The highest BCUT2D eigenvalue weighted by Crippen LogP contribution is 2.22. The van der Waals surface area contributed by atoms with Gasteiger partial charge in [0.2, 0.25) is 5.91 Å². The normalized spacial score (nSPS) is 22.7. The highest BCUT2D eigenvalue weighted by atomic mass is 16.3. The van der Waals surface area contributed by atoms with Gasteiger partial charge in [0.15, 0.2) is 0 Å². The van der Waals surface area contributed by atoms with E-state index in [1.54, 1.807) is 4.90 Å². The summed E-state index contributed by atoms with van der Waals surface area (Å²) in [6.45, 7) is 2.08. The molecule has 2 aliphatic heterocycles. The third-order valence-electron chi connectivity index (χ3n) is 4.20. The molecule has 1 aromatic heterocycles. The second-order valence-electron chi connectivity index (χ2n) is 5.64. The number of piperidine rings is 1. The molecule has 3 heterocycles. The molecule has 1 aromatic rings. The van der Waals surface area contributed by atoms with Crippen LogP contribution in [-0.2, 0) is 4.79 Å². The first-order valence-electron chi connectivity index (χ1n) is 7.39. The third kappa shape index (κ3) is 2.84. The fourth-order valence-electron chi connectivity index (χ4n) is 3.12. The molecule has 0 aliphatic carbocycles. The SMILES string of the molecule is O=C(c1ccc(O)cn1)N1CCC[C@@H](N2CCCC2=O)C1. The maximum atomic E-state index is 12.4. The van der Waals surface area contributed by atoms with Crippen molar-refractivity contribution < 1.29 is 14.7 Å². The minimum Gasteiger partial charge on any atom is -0.506 e. The van der Waals surface area contributed by atoms with Gasteiger partial charge in [-0.15, -0.1) is 0 Å². The van der Waals surface area contributed by atoms with Crippen molar-refractivity contribution >= 4 is 11.8 Å². The quantitative estimate of drug-likeness (QED) is 0.882. The lowest BCUT2D eigenvalue weighted by atomic mass is 10.0. The number of carbonyl (C=O) groups is 2. The van der Waals surface area contributed by atoms with Gasteiger partial charge in [0.1, 0.15) is 11.4 Å². The number of hydrogen-bond donors (Lipinski definition) is 1. The van der Waals surface area contributed by atoms with Crippen LogP contribution in [0, 0.1) is 0 Å². The standard InChI is InChI=1S/C15H19N3O3/c19-12-5-6-13(16-9-12)15(21)17-7-1-3-11(10-17)18-8-2-4-14(18)20/h5-6,9,11,19H,1-4,7-8,10H2/t11-/m1/s1. The number of rotatable bonds is 2. The molecule has 2 saturated heterocycles. The van der Waals surface area contributed by atoms with Crippen LogP contribution in [0.2, 0.25) is 0 Å². The number of amides is 2. The van der Waals surface area contributed by atoms with Gasteiger partial charge < -0.3 is 14.9 Å². The summed E-state index contributed by atoms with van der Waals surface area (Å²) >= 11 is 0. The van der Waals surface area contributed by atoms with Gasteiger partial charge in [-0.1, -0.05) is 0 Å². The summed E-state index contributed by atoms with van der Waals surface area (Å²) in [6.07, 6.45) is 4.68. The molecule has 3 rings (SSSR count). The van der Waals surface area contributed by atoms with Crippen LogP contribution in [0.15, 0.2) is 18.3 Å². The van der Waals surface area contributed by atoms with Crippen molar-refractivity contribution in [3.63, 3.8) is 0 Å². The average molecular weight is 289 g/mol. The average Bonchev–Trinajstić information content (AvgIpc) is 2.94. The number of pyridine rings is 1. The predicted molar refractivity (Wildman–Crippen MR) is 75.8 cm³/mol. The lowest BCUT2D eigenvalue weighted by Crippen LogP contribution is -2.50. The molecule has 6 heteroatoms. The number of likely N-dealkylation sites (tertiary alicyclic amines) is 2. The highest BCUT2D eigenvalue weighted by molar-refractivity contribution is 5.92. The van der Waals surface area contributed by atoms with E-state index in [1.165, 1.54) is 18.3 Å². The summed E-state index contributed by atoms with van der Waals surface area (Å²) in [7, 11) is 0. The highest BCUT2D eigenvalue weighted by Gasteiger charge is 2.33. The molecule has 0 radical (unpaired) electrons. The van der Waals surface area contributed by atoms with Crippen LogP contribution in [0.4, 0.5) is 0 Å². The molecule has 2 fully saturated rings. The minimum absolute atomic E-state index is 0.0470. The molecule has 2 amide bonds. The Morgan fingerprint density at radius 3 is 2.81 bits per heavy atom. The topological polar surface area (TPSA) is 73.7 Å². The molecular formula is C15H19N3O3. The van der Waals surface area contributed by atoms with Gasteiger partial charge in [0.05, 0.1) is 6.20 Å². The van der Waals surface area contributed by atoms with Gasteiger partial charge in [-0.3, -0.25) is 9.59 Å². The van der Waals surface area contributed by atoms with Crippen LogP contribution in [0.1, 0.15) is 36.2 Å². The van der Waals surface area contributed by atoms with Gasteiger partial charge in [0, 0.05) is 32.1 Å². The Labute approximate surface area is 123 Å². The zero-order valence-corrected chi connectivity index (χ0v) is 11.9. The van der Waals surface area contributed by atoms with Crippen molar-refractivity contribution in [3.8, 4) is 5.75 Å². The lowest BCUT2D eigenvalue weighted by Gasteiger charge is -2.37. The fraction of sp³-hybridized carbons (Fsp3) is 0.533. The van der Waals surface area contributed by atoms with Crippen LogP contribution in [0.25, 0.3) is 0 Å². The van der Waals surface area contributed by atoms with Gasteiger partial charge in [-0.25, -0.2) is 4.98 Å². The third-order valence-corrected chi connectivity index (χ3v) is 4.20. The summed E-state index contributed by atoms with van der Waals surface area (Å²) < 4.78 is 0. The summed E-state index contributed by atoms with van der Waals surface area (Å²) in [5.41, 5.74) is 0.334. The Balaban J connectivity index is 1.69. The summed E-state index contributed by atoms with van der Waals surface area (Å²) in [6, 6.07) is 3.13. The van der Waals surface area contributed by atoms with E-state index in [0.717, 1.165) is 25.8 Å². The Hall–Kier alpha value is -2.11. The second-order valence-corrected chi connectivity index (χ2v) is 5.64. The van der Waals surface area contributed by atoms with Crippen molar-refractivity contribution in [2.24, 2.45) is 0 Å². The number of nitrogens with zero attached hydrogens (tertiary/aromatic N) is 3. The fourth-order valence-corrected chi connectivity index (χ4v) is 3.12. The Kier molecular flexibility index (Phi) is 3.77. The Bertz CT molecular complexity index is 544. The van der Waals surface area contributed by atoms with Crippen molar-refractivity contribution in [1.29, 1.82) is 0 Å². The molecule has 2 aliphatic rings. The van der Waals surface area contributed by atoms with Crippen LogP contribution in [-0.4, -0.2) is 57.4 Å². The predicted octanol–water partition coefficient (Wildman–Crippen LogP) is 1.01. The summed E-state index contributed by atoms with van der Waals surface area (Å²) in [4.78, 5) is 31.9. The summed E-state index contributed by atoms with van der Waals surface area (Å²) in [5, 5.41) is 9.23. The number of aromatic hydroxyl groups is 1. The largest absolute Gasteiger partial charge is 0.506 e. The molecule has 112 valence electrons. The van der Waals surface area contributed by atoms with Gasteiger partial charge in [0.25, 0.3) is 5.91 Å². The molecule has 0 aromatic carbocycles. The van der Waals surface area contributed by atoms with Crippen molar-refractivity contribution in [2.75, 3.05) is 19.6 Å². The Morgan fingerprint density at radius 1 is 1.29 bits per heavy atom. The molecule has 21 heavy (non-hydrogen) atoms. The first-order chi connectivity index (χ1) is 10.1. The van der Waals surface area contributed by atoms with Crippen LogP contribution in [0.3, 0.4) is 0 Å². The second kappa shape index (κ2) is 5.71. The molecular weight excluding hydrogens is 270 g/mol.